The molecular weight excluding hydrogens is 476 g/mol. The highest BCUT2D eigenvalue weighted by molar-refractivity contribution is 6.46. The Morgan fingerprint density at radius 2 is 1.70 bits per heavy atom. The molecule has 1 heterocycles. The van der Waals surface area contributed by atoms with Crippen molar-refractivity contribution in [3.63, 3.8) is 0 Å². The van der Waals surface area contributed by atoms with Gasteiger partial charge in [-0.05, 0) is 60.0 Å². The van der Waals surface area contributed by atoms with E-state index in [1.165, 1.54) is 36.3 Å². The SMILES string of the molecule is COCCN1C(=O)C(=O)C(=C(O)c2ccc(OCc3ccccc3C)cc2)C1c1ccc([N+](=O)[O-])cc1. The van der Waals surface area contributed by atoms with Gasteiger partial charge in [-0.2, -0.15) is 0 Å². The topological polar surface area (TPSA) is 119 Å². The van der Waals surface area contributed by atoms with Crippen molar-refractivity contribution in [2.45, 2.75) is 19.6 Å². The predicted octanol–water partition coefficient (Wildman–Crippen LogP) is 4.55. The number of amides is 1. The molecule has 9 nitrogen and oxygen atoms in total. The van der Waals surface area contributed by atoms with Crippen LogP contribution in [0.15, 0.2) is 78.4 Å². The van der Waals surface area contributed by atoms with Crippen LogP contribution in [0.4, 0.5) is 5.69 Å². The third-order valence-electron chi connectivity index (χ3n) is 6.28. The number of ether oxygens (including phenoxy) is 2. The summed E-state index contributed by atoms with van der Waals surface area (Å²) in [5, 5.41) is 22.2. The molecule has 4 rings (SSSR count). The molecule has 0 spiro atoms. The fraction of sp³-hybridized carbons (Fsp3) is 0.214. The van der Waals surface area contributed by atoms with Gasteiger partial charge in [0, 0.05) is 31.4 Å². The minimum Gasteiger partial charge on any atom is -0.507 e. The summed E-state index contributed by atoms with van der Waals surface area (Å²) < 4.78 is 10.9. The number of hydrogen-bond donors (Lipinski definition) is 1. The van der Waals surface area contributed by atoms with Gasteiger partial charge in [0.15, 0.2) is 0 Å². The van der Waals surface area contributed by atoms with Gasteiger partial charge in [-0.25, -0.2) is 0 Å². The normalized spacial score (nSPS) is 16.7. The molecule has 0 aromatic heterocycles. The number of rotatable bonds is 9. The lowest BCUT2D eigenvalue weighted by Crippen LogP contribution is -2.32. The van der Waals surface area contributed by atoms with Gasteiger partial charge in [0.1, 0.15) is 18.1 Å². The van der Waals surface area contributed by atoms with Gasteiger partial charge in [0.25, 0.3) is 17.4 Å². The van der Waals surface area contributed by atoms with Gasteiger partial charge in [-0.15, -0.1) is 0 Å². The number of methoxy groups -OCH3 is 1. The summed E-state index contributed by atoms with van der Waals surface area (Å²) in [6.45, 7) is 2.65. The van der Waals surface area contributed by atoms with Crippen LogP contribution in [0.1, 0.15) is 28.3 Å². The maximum atomic E-state index is 13.0. The van der Waals surface area contributed by atoms with Crippen molar-refractivity contribution in [3.8, 4) is 5.75 Å². The average molecular weight is 503 g/mol. The van der Waals surface area contributed by atoms with Crippen LogP contribution in [0.25, 0.3) is 5.76 Å². The van der Waals surface area contributed by atoms with Gasteiger partial charge in [-0.3, -0.25) is 19.7 Å². The first-order chi connectivity index (χ1) is 17.8. The summed E-state index contributed by atoms with van der Waals surface area (Å²) in [5.74, 6) is -1.38. The Kier molecular flexibility index (Phi) is 7.64. The van der Waals surface area contributed by atoms with Crippen LogP contribution in [-0.4, -0.2) is 46.9 Å². The van der Waals surface area contributed by atoms with E-state index in [0.29, 0.717) is 23.5 Å². The number of aliphatic hydroxyl groups is 1. The van der Waals surface area contributed by atoms with Crippen molar-refractivity contribution >= 4 is 23.1 Å². The predicted molar refractivity (Wildman–Crippen MR) is 136 cm³/mol. The highest BCUT2D eigenvalue weighted by Crippen LogP contribution is 2.39. The maximum Gasteiger partial charge on any atom is 0.295 e. The summed E-state index contributed by atoms with van der Waals surface area (Å²) in [4.78, 5) is 37.7. The van der Waals surface area contributed by atoms with Crippen LogP contribution in [0.3, 0.4) is 0 Å². The number of nitro benzene ring substituents is 1. The number of non-ortho nitro benzene ring substituents is 1. The molecule has 1 amide bonds. The number of likely N-dealkylation sites (tertiary alicyclic amines) is 1. The van der Waals surface area contributed by atoms with Crippen LogP contribution in [0.5, 0.6) is 5.75 Å². The van der Waals surface area contributed by atoms with E-state index in [0.717, 1.165) is 11.1 Å². The van der Waals surface area contributed by atoms with Crippen molar-refractivity contribution < 1.29 is 29.1 Å². The summed E-state index contributed by atoms with van der Waals surface area (Å²) in [5.41, 5.74) is 2.73. The first-order valence-corrected chi connectivity index (χ1v) is 11.6. The fourth-order valence-electron chi connectivity index (χ4n) is 4.22. The Bertz CT molecular complexity index is 1350. The molecule has 1 aliphatic rings. The summed E-state index contributed by atoms with van der Waals surface area (Å²) in [6, 6.07) is 19.1. The zero-order chi connectivity index (χ0) is 26.5. The number of aliphatic hydroxyl groups excluding tert-OH is 1. The number of ketones is 1. The van der Waals surface area contributed by atoms with Crippen molar-refractivity contribution in [1.29, 1.82) is 0 Å². The molecule has 0 bridgehead atoms. The molecule has 9 heteroatoms. The number of nitrogens with zero attached hydrogens (tertiary/aromatic N) is 2. The number of carbonyl (C=O) groups excluding carboxylic acids is 2. The van der Waals surface area contributed by atoms with Crippen molar-refractivity contribution in [1.82, 2.24) is 4.90 Å². The summed E-state index contributed by atoms with van der Waals surface area (Å²) in [6.07, 6.45) is 0. The van der Waals surface area contributed by atoms with Gasteiger partial charge < -0.3 is 19.5 Å². The molecule has 0 saturated carbocycles. The zero-order valence-corrected chi connectivity index (χ0v) is 20.4. The van der Waals surface area contributed by atoms with Crippen LogP contribution in [0.2, 0.25) is 0 Å². The molecule has 1 aliphatic heterocycles. The van der Waals surface area contributed by atoms with Crippen molar-refractivity contribution in [2.75, 3.05) is 20.3 Å². The second-order valence-corrected chi connectivity index (χ2v) is 8.57. The molecule has 1 N–H and O–H groups in total. The van der Waals surface area contributed by atoms with E-state index >= 15 is 0 Å². The molecule has 1 fully saturated rings. The number of benzene rings is 3. The molecule has 1 saturated heterocycles. The minimum atomic E-state index is -0.923. The first kappa shape index (κ1) is 25.6. The van der Waals surface area contributed by atoms with E-state index in [4.69, 9.17) is 9.47 Å². The second-order valence-electron chi connectivity index (χ2n) is 8.57. The third-order valence-corrected chi connectivity index (χ3v) is 6.28. The van der Waals surface area contributed by atoms with Gasteiger partial charge in [0.05, 0.1) is 23.1 Å². The Labute approximate surface area is 213 Å². The fourth-order valence-corrected chi connectivity index (χ4v) is 4.22. The Morgan fingerprint density at radius 1 is 1.03 bits per heavy atom. The lowest BCUT2D eigenvalue weighted by Gasteiger charge is -2.25. The van der Waals surface area contributed by atoms with E-state index in [9.17, 15) is 24.8 Å². The molecular formula is C28H26N2O7. The second kappa shape index (κ2) is 11.0. The summed E-state index contributed by atoms with van der Waals surface area (Å²) in [7, 11) is 1.47. The van der Waals surface area contributed by atoms with Gasteiger partial charge in [-0.1, -0.05) is 24.3 Å². The largest absolute Gasteiger partial charge is 0.507 e. The summed E-state index contributed by atoms with van der Waals surface area (Å²) >= 11 is 0. The lowest BCUT2D eigenvalue weighted by molar-refractivity contribution is -0.384. The van der Waals surface area contributed by atoms with E-state index in [-0.39, 0.29) is 30.2 Å². The number of nitro groups is 1. The van der Waals surface area contributed by atoms with E-state index < -0.39 is 22.7 Å². The smallest absolute Gasteiger partial charge is 0.295 e. The highest BCUT2D eigenvalue weighted by atomic mass is 16.6. The molecule has 1 unspecified atom stereocenters. The average Bonchev–Trinajstić information content (AvgIpc) is 3.16. The standard InChI is InChI=1S/C28H26N2O7/c1-18-5-3-4-6-21(18)17-37-23-13-9-20(10-14-23)26(31)24-25(19-7-11-22(12-8-19)30(34)35)29(15-16-36-2)28(33)27(24)32/h3-14,25,31H,15-17H2,1-2H3. The Hall–Kier alpha value is -4.50. The third kappa shape index (κ3) is 5.36. The number of aryl methyl sites for hydroxylation is 1. The molecule has 0 aliphatic carbocycles. The Balaban J connectivity index is 1.66. The van der Waals surface area contributed by atoms with E-state index in [2.05, 4.69) is 0 Å². The Morgan fingerprint density at radius 3 is 2.32 bits per heavy atom. The number of Topliss-reactive ketones (excluding diaryl/α,β-unsaturated/α-hetero) is 1. The number of carbonyl (C=O) groups is 2. The van der Waals surface area contributed by atoms with Gasteiger partial charge >= 0.3 is 0 Å². The van der Waals surface area contributed by atoms with Crippen LogP contribution in [-0.2, 0) is 20.9 Å². The minimum absolute atomic E-state index is 0.0939. The van der Waals surface area contributed by atoms with E-state index in [1.807, 2.05) is 31.2 Å². The van der Waals surface area contributed by atoms with Crippen molar-refractivity contribution in [3.05, 3.63) is 111 Å². The zero-order valence-electron chi connectivity index (χ0n) is 20.4. The number of hydrogen-bond acceptors (Lipinski definition) is 7. The molecule has 3 aromatic rings. The molecule has 37 heavy (non-hydrogen) atoms. The lowest BCUT2D eigenvalue weighted by atomic mass is 9.95. The molecule has 190 valence electrons. The van der Waals surface area contributed by atoms with Crippen LogP contribution < -0.4 is 4.74 Å². The maximum absolute atomic E-state index is 13.0. The first-order valence-electron chi connectivity index (χ1n) is 11.6. The van der Waals surface area contributed by atoms with Crippen LogP contribution in [0, 0.1) is 17.0 Å². The molecule has 3 aromatic carbocycles. The van der Waals surface area contributed by atoms with Gasteiger partial charge in [0.2, 0.25) is 0 Å². The van der Waals surface area contributed by atoms with E-state index in [1.54, 1.807) is 24.3 Å². The molecule has 1 atom stereocenters. The highest BCUT2D eigenvalue weighted by Gasteiger charge is 2.45. The molecule has 0 radical (unpaired) electrons. The van der Waals surface area contributed by atoms with Crippen molar-refractivity contribution in [2.24, 2.45) is 0 Å². The van der Waals surface area contributed by atoms with Crippen LogP contribution >= 0.6 is 0 Å². The monoisotopic (exact) mass is 502 g/mol. The quantitative estimate of drug-likeness (QED) is 0.150.